The molecule has 0 heterocycles. The summed E-state index contributed by atoms with van der Waals surface area (Å²) in [6.45, 7) is 15.6. The van der Waals surface area contributed by atoms with E-state index in [1.54, 1.807) is 0 Å². The van der Waals surface area contributed by atoms with E-state index in [4.69, 9.17) is 4.74 Å². The maximum atomic E-state index is 12.0. The molecule has 0 aromatic carbocycles. The first-order chi connectivity index (χ1) is 8.33. The van der Waals surface area contributed by atoms with Gasteiger partial charge in [-0.25, -0.2) is 8.42 Å². The number of rotatable bonds is 7. The Morgan fingerprint density at radius 1 is 1.00 bits per heavy atom. The van der Waals surface area contributed by atoms with Gasteiger partial charge >= 0.3 is 0 Å². The third kappa shape index (κ3) is 10.4. The highest BCUT2D eigenvalue weighted by Gasteiger charge is 2.25. The Labute approximate surface area is 120 Å². The Morgan fingerprint density at radius 3 is 1.95 bits per heavy atom. The van der Waals surface area contributed by atoms with E-state index < -0.39 is 9.84 Å². The molecule has 4 heteroatoms. The van der Waals surface area contributed by atoms with Crippen LogP contribution in [0.4, 0.5) is 0 Å². The maximum Gasteiger partial charge on any atom is 0.152 e. The van der Waals surface area contributed by atoms with Crippen molar-refractivity contribution in [3.8, 4) is 0 Å². The average molecular weight is 292 g/mol. The largest absolute Gasteiger partial charge is 0.380 e. The second-order valence-electron chi connectivity index (χ2n) is 7.80. The van der Waals surface area contributed by atoms with Crippen LogP contribution < -0.4 is 0 Å². The number of ether oxygens (including phenoxy) is 1. The minimum absolute atomic E-state index is 0.0279. The van der Waals surface area contributed by atoms with E-state index in [0.29, 0.717) is 13.2 Å². The first-order valence-electron chi connectivity index (χ1n) is 7.12. The Hall–Kier alpha value is -0.0900. The molecule has 0 N–H and O–H groups in total. The second kappa shape index (κ2) is 7.07. The van der Waals surface area contributed by atoms with Crippen LogP contribution in [0.1, 0.15) is 54.9 Å². The average Bonchev–Trinajstić information content (AvgIpc) is 2.12. The van der Waals surface area contributed by atoms with Crippen LogP contribution in [-0.2, 0) is 14.6 Å². The van der Waals surface area contributed by atoms with Crippen LogP contribution in [0.25, 0.3) is 0 Å². The quantitative estimate of drug-likeness (QED) is 0.674. The highest BCUT2D eigenvalue weighted by atomic mass is 32.2. The minimum atomic E-state index is -3.00. The van der Waals surface area contributed by atoms with Crippen LogP contribution in [0.3, 0.4) is 0 Å². The summed E-state index contributed by atoms with van der Waals surface area (Å²) in [7, 11) is -3.00. The highest BCUT2D eigenvalue weighted by Crippen LogP contribution is 2.26. The van der Waals surface area contributed by atoms with Crippen molar-refractivity contribution in [1.82, 2.24) is 0 Å². The van der Waals surface area contributed by atoms with E-state index in [9.17, 15) is 8.42 Å². The number of sulfone groups is 1. The van der Waals surface area contributed by atoms with Gasteiger partial charge in [0.05, 0.1) is 18.1 Å². The van der Waals surface area contributed by atoms with Crippen LogP contribution in [0.2, 0.25) is 0 Å². The van der Waals surface area contributed by atoms with Gasteiger partial charge in [0.15, 0.2) is 9.84 Å². The molecule has 1 atom stereocenters. The minimum Gasteiger partial charge on any atom is -0.380 e. The smallest absolute Gasteiger partial charge is 0.152 e. The Morgan fingerprint density at radius 2 is 1.53 bits per heavy atom. The molecule has 0 aliphatic heterocycles. The van der Waals surface area contributed by atoms with Gasteiger partial charge in [0.1, 0.15) is 0 Å². The molecule has 0 amide bonds. The Kier molecular flexibility index (Phi) is 7.04. The monoisotopic (exact) mass is 292 g/mol. The van der Waals surface area contributed by atoms with Crippen LogP contribution in [0, 0.1) is 16.7 Å². The third-order valence-corrected chi connectivity index (χ3v) is 5.31. The first-order valence-corrected chi connectivity index (χ1v) is 8.94. The van der Waals surface area contributed by atoms with E-state index in [1.165, 1.54) is 0 Å². The van der Waals surface area contributed by atoms with E-state index >= 15 is 0 Å². The normalized spacial score (nSPS) is 15.5. The standard InChI is InChI=1S/C15H32O3S/c1-13(15(5,6)7)12-19(16,17)11-10-18-9-8-14(2,3)4/h13H,8-12H2,1-7H3/t13-/m0/s1. The van der Waals surface area contributed by atoms with Gasteiger partial charge in [-0.2, -0.15) is 0 Å². The SMILES string of the molecule is C[C@@H](CS(=O)(=O)CCOCCC(C)(C)C)C(C)(C)C. The summed E-state index contributed by atoms with van der Waals surface area (Å²) >= 11 is 0. The molecular formula is C15H32O3S. The molecule has 19 heavy (non-hydrogen) atoms. The van der Waals surface area contributed by atoms with Gasteiger partial charge in [-0.1, -0.05) is 48.5 Å². The molecule has 0 aliphatic carbocycles. The van der Waals surface area contributed by atoms with Gasteiger partial charge in [-0.05, 0) is 23.2 Å². The summed E-state index contributed by atoms with van der Waals surface area (Å²) in [6.07, 6.45) is 0.950. The van der Waals surface area contributed by atoms with Crippen LogP contribution in [-0.4, -0.2) is 33.1 Å². The molecular weight excluding hydrogens is 260 g/mol. The molecule has 0 unspecified atom stereocenters. The van der Waals surface area contributed by atoms with E-state index in [1.807, 2.05) is 6.92 Å². The lowest BCUT2D eigenvalue weighted by atomic mass is 9.83. The van der Waals surface area contributed by atoms with Gasteiger partial charge in [0, 0.05) is 6.61 Å². The predicted octanol–water partition coefficient (Wildman–Crippen LogP) is 3.54. The van der Waals surface area contributed by atoms with Crippen molar-refractivity contribution < 1.29 is 13.2 Å². The summed E-state index contributed by atoms with van der Waals surface area (Å²) in [5, 5.41) is 0. The van der Waals surface area contributed by atoms with Crippen molar-refractivity contribution in [2.24, 2.45) is 16.7 Å². The summed E-state index contributed by atoms with van der Waals surface area (Å²) in [5.41, 5.74) is 0.264. The van der Waals surface area contributed by atoms with Gasteiger partial charge < -0.3 is 4.74 Å². The molecule has 0 spiro atoms. The summed E-state index contributed by atoms with van der Waals surface area (Å²) < 4.78 is 29.4. The molecule has 0 aliphatic rings. The topological polar surface area (TPSA) is 43.4 Å². The van der Waals surface area contributed by atoms with Crippen molar-refractivity contribution in [3.63, 3.8) is 0 Å². The van der Waals surface area contributed by atoms with Gasteiger partial charge in [-0.3, -0.25) is 0 Å². The molecule has 0 fully saturated rings. The molecule has 0 aromatic heterocycles. The van der Waals surface area contributed by atoms with Crippen molar-refractivity contribution in [3.05, 3.63) is 0 Å². The molecule has 0 aromatic rings. The third-order valence-electron chi connectivity index (χ3n) is 3.52. The lowest BCUT2D eigenvalue weighted by Gasteiger charge is -2.26. The van der Waals surface area contributed by atoms with Crippen LogP contribution in [0.5, 0.6) is 0 Å². The highest BCUT2D eigenvalue weighted by molar-refractivity contribution is 7.91. The molecule has 0 saturated carbocycles. The molecule has 0 rings (SSSR count). The lowest BCUT2D eigenvalue weighted by molar-refractivity contribution is 0.120. The van der Waals surface area contributed by atoms with Gasteiger partial charge in [0.2, 0.25) is 0 Å². The molecule has 116 valence electrons. The van der Waals surface area contributed by atoms with Crippen molar-refractivity contribution in [2.45, 2.75) is 54.9 Å². The van der Waals surface area contributed by atoms with Crippen molar-refractivity contribution in [2.75, 3.05) is 24.7 Å². The zero-order chi connectivity index (χ0) is 15.3. The number of hydrogen-bond donors (Lipinski definition) is 0. The lowest BCUT2D eigenvalue weighted by Crippen LogP contribution is -2.28. The fourth-order valence-electron chi connectivity index (χ4n) is 1.38. The Balaban J connectivity index is 4.00. The predicted molar refractivity (Wildman–Crippen MR) is 82.2 cm³/mol. The zero-order valence-corrected chi connectivity index (χ0v) is 14.6. The first kappa shape index (κ1) is 18.9. The maximum absolute atomic E-state index is 12.0. The van der Waals surface area contributed by atoms with Crippen LogP contribution >= 0.6 is 0 Å². The second-order valence-corrected chi connectivity index (χ2v) is 10.0. The van der Waals surface area contributed by atoms with Crippen LogP contribution in [0.15, 0.2) is 0 Å². The van der Waals surface area contributed by atoms with E-state index in [-0.39, 0.29) is 28.3 Å². The van der Waals surface area contributed by atoms with E-state index in [2.05, 4.69) is 41.5 Å². The van der Waals surface area contributed by atoms with E-state index in [0.717, 1.165) is 6.42 Å². The molecule has 0 saturated heterocycles. The van der Waals surface area contributed by atoms with Crippen molar-refractivity contribution >= 4 is 9.84 Å². The Bertz CT molecular complexity index is 345. The van der Waals surface area contributed by atoms with Gasteiger partial charge in [-0.15, -0.1) is 0 Å². The molecule has 0 bridgehead atoms. The zero-order valence-electron chi connectivity index (χ0n) is 13.7. The molecule has 3 nitrogen and oxygen atoms in total. The number of hydrogen-bond acceptors (Lipinski definition) is 3. The fourth-order valence-corrected chi connectivity index (χ4v) is 3.18. The van der Waals surface area contributed by atoms with Gasteiger partial charge in [0.25, 0.3) is 0 Å². The molecule has 0 radical (unpaired) electrons. The summed E-state index contributed by atoms with van der Waals surface area (Å²) in [5.74, 6) is 0.545. The summed E-state index contributed by atoms with van der Waals surface area (Å²) in [4.78, 5) is 0. The van der Waals surface area contributed by atoms with Crippen molar-refractivity contribution in [1.29, 1.82) is 0 Å². The fraction of sp³-hybridized carbons (Fsp3) is 1.00. The summed E-state index contributed by atoms with van der Waals surface area (Å²) in [6, 6.07) is 0.